The normalized spacial score (nSPS) is 10.4. The van der Waals surface area contributed by atoms with E-state index in [9.17, 15) is 0 Å². The summed E-state index contributed by atoms with van der Waals surface area (Å²) in [6.07, 6.45) is 0. The molecule has 0 saturated heterocycles. The molecule has 0 aliphatic carbocycles. The molecular weight excluding hydrogens is 200 g/mol. The van der Waals surface area contributed by atoms with Gasteiger partial charge in [0, 0.05) is 5.69 Å². The van der Waals surface area contributed by atoms with Gasteiger partial charge in [-0.2, -0.15) is 0 Å². The topological polar surface area (TPSA) is 38.1 Å². The van der Waals surface area contributed by atoms with Crippen LogP contribution in [0.15, 0.2) is 28.7 Å². The molecule has 0 spiro atoms. The molecular formula is C13H16N2O. The average molecular weight is 216 g/mol. The molecule has 0 fully saturated rings. The molecule has 0 saturated carbocycles. The molecule has 0 aliphatic rings. The maximum Gasteiger partial charge on any atom is 0.213 e. The third-order valence-electron chi connectivity index (χ3n) is 2.65. The van der Waals surface area contributed by atoms with E-state index in [0.29, 0.717) is 6.54 Å². The van der Waals surface area contributed by atoms with Crippen molar-refractivity contribution in [2.24, 2.45) is 0 Å². The second-order valence-corrected chi connectivity index (χ2v) is 3.92. The second-order valence-electron chi connectivity index (χ2n) is 3.92. The minimum atomic E-state index is 0.625. The Hall–Kier alpha value is -1.77. The molecule has 1 aromatic heterocycles. The molecule has 2 rings (SSSR count). The van der Waals surface area contributed by atoms with Crippen LogP contribution in [0.4, 0.5) is 5.69 Å². The van der Waals surface area contributed by atoms with Crippen LogP contribution in [0.3, 0.4) is 0 Å². The number of anilines is 1. The zero-order valence-corrected chi connectivity index (χ0v) is 9.87. The molecule has 0 unspecified atom stereocenters. The number of nitrogens with zero attached hydrogens (tertiary/aromatic N) is 1. The quantitative estimate of drug-likeness (QED) is 0.856. The number of hydrogen-bond donors (Lipinski definition) is 1. The van der Waals surface area contributed by atoms with Gasteiger partial charge in [0.2, 0.25) is 5.89 Å². The van der Waals surface area contributed by atoms with E-state index in [-0.39, 0.29) is 0 Å². The molecule has 0 amide bonds. The van der Waals surface area contributed by atoms with E-state index in [1.54, 1.807) is 0 Å². The summed E-state index contributed by atoms with van der Waals surface area (Å²) < 4.78 is 5.50. The van der Waals surface area contributed by atoms with Crippen molar-refractivity contribution in [2.75, 3.05) is 5.32 Å². The fourth-order valence-corrected chi connectivity index (χ4v) is 1.56. The fraction of sp³-hybridized carbons (Fsp3) is 0.308. The van der Waals surface area contributed by atoms with E-state index >= 15 is 0 Å². The van der Waals surface area contributed by atoms with Crippen molar-refractivity contribution in [1.82, 2.24) is 4.98 Å². The summed E-state index contributed by atoms with van der Waals surface area (Å²) in [5.74, 6) is 1.62. The van der Waals surface area contributed by atoms with Gasteiger partial charge in [-0.25, -0.2) is 4.98 Å². The van der Waals surface area contributed by atoms with Crippen molar-refractivity contribution in [3.8, 4) is 0 Å². The first kappa shape index (κ1) is 10.7. The predicted molar refractivity (Wildman–Crippen MR) is 64.5 cm³/mol. The van der Waals surface area contributed by atoms with Crippen LogP contribution in [0.5, 0.6) is 0 Å². The van der Waals surface area contributed by atoms with Gasteiger partial charge >= 0.3 is 0 Å². The van der Waals surface area contributed by atoms with Crippen LogP contribution >= 0.6 is 0 Å². The zero-order valence-electron chi connectivity index (χ0n) is 9.87. The van der Waals surface area contributed by atoms with Gasteiger partial charge in [0.15, 0.2) is 0 Å². The molecule has 3 heteroatoms. The van der Waals surface area contributed by atoms with Crippen molar-refractivity contribution in [3.05, 3.63) is 47.2 Å². The first-order chi connectivity index (χ1) is 7.66. The Morgan fingerprint density at radius 3 is 2.56 bits per heavy atom. The van der Waals surface area contributed by atoms with Crippen LogP contribution in [0.25, 0.3) is 0 Å². The van der Waals surface area contributed by atoms with Crippen LogP contribution in [-0.2, 0) is 6.54 Å². The van der Waals surface area contributed by atoms with Gasteiger partial charge < -0.3 is 9.73 Å². The summed E-state index contributed by atoms with van der Waals surface area (Å²) in [5, 5.41) is 3.31. The molecule has 0 radical (unpaired) electrons. The average Bonchev–Trinajstić information content (AvgIpc) is 2.57. The van der Waals surface area contributed by atoms with Gasteiger partial charge in [-0.05, 0) is 32.4 Å². The maximum atomic E-state index is 5.50. The first-order valence-electron chi connectivity index (χ1n) is 5.39. The third kappa shape index (κ3) is 2.24. The Morgan fingerprint density at radius 1 is 1.19 bits per heavy atom. The van der Waals surface area contributed by atoms with Crippen molar-refractivity contribution < 1.29 is 4.42 Å². The van der Waals surface area contributed by atoms with Crippen LogP contribution in [-0.4, -0.2) is 4.98 Å². The molecule has 1 aromatic carbocycles. The van der Waals surface area contributed by atoms with Gasteiger partial charge in [-0.15, -0.1) is 0 Å². The van der Waals surface area contributed by atoms with Crippen LogP contribution in [0.1, 0.15) is 22.9 Å². The van der Waals surface area contributed by atoms with Gasteiger partial charge in [-0.3, -0.25) is 0 Å². The summed E-state index contributed by atoms with van der Waals surface area (Å²) in [4.78, 5) is 4.33. The first-order valence-corrected chi connectivity index (χ1v) is 5.39. The minimum absolute atomic E-state index is 0.625. The standard InChI is InChI=1S/C13H16N2O/c1-9-6-4-5-7-12(9)14-8-13-15-10(2)11(3)16-13/h4-7,14H,8H2,1-3H3. The predicted octanol–water partition coefficient (Wildman–Crippen LogP) is 3.21. The Kier molecular flexibility index (Phi) is 2.95. The van der Waals surface area contributed by atoms with E-state index < -0.39 is 0 Å². The minimum Gasteiger partial charge on any atom is -0.444 e. The number of aromatic nitrogens is 1. The lowest BCUT2D eigenvalue weighted by atomic mass is 10.2. The molecule has 0 aliphatic heterocycles. The maximum absolute atomic E-state index is 5.50. The molecule has 1 N–H and O–H groups in total. The van der Waals surface area contributed by atoms with Crippen molar-refractivity contribution in [1.29, 1.82) is 0 Å². The van der Waals surface area contributed by atoms with E-state index in [2.05, 4.69) is 29.4 Å². The van der Waals surface area contributed by atoms with Gasteiger partial charge in [0.1, 0.15) is 5.76 Å². The Bertz CT molecular complexity index is 469. The van der Waals surface area contributed by atoms with Crippen LogP contribution in [0.2, 0.25) is 0 Å². The Balaban J connectivity index is 2.05. The van der Waals surface area contributed by atoms with Gasteiger partial charge in [0.25, 0.3) is 0 Å². The number of benzene rings is 1. The number of aryl methyl sites for hydroxylation is 3. The summed E-state index contributed by atoms with van der Waals surface area (Å²) in [6.45, 7) is 6.59. The molecule has 0 atom stereocenters. The van der Waals surface area contributed by atoms with Crippen molar-refractivity contribution >= 4 is 5.69 Å². The lowest BCUT2D eigenvalue weighted by Crippen LogP contribution is -2.00. The lowest BCUT2D eigenvalue weighted by Gasteiger charge is -2.06. The van der Waals surface area contributed by atoms with Crippen molar-refractivity contribution in [2.45, 2.75) is 27.3 Å². The number of nitrogens with one attached hydrogen (secondary N) is 1. The number of hydrogen-bond acceptors (Lipinski definition) is 3. The molecule has 84 valence electrons. The smallest absolute Gasteiger partial charge is 0.213 e. The summed E-state index contributed by atoms with van der Waals surface area (Å²) >= 11 is 0. The lowest BCUT2D eigenvalue weighted by molar-refractivity contribution is 0.478. The van der Waals surface area contributed by atoms with E-state index in [1.165, 1.54) is 5.56 Å². The van der Waals surface area contributed by atoms with Gasteiger partial charge in [-0.1, -0.05) is 18.2 Å². The highest BCUT2D eigenvalue weighted by atomic mass is 16.4. The third-order valence-corrected chi connectivity index (χ3v) is 2.65. The zero-order chi connectivity index (χ0) is 11.5. The monoisotopic (exact) mass is 216 g/mol. The van der Waals surface area contributed by atoms with Crippen molar-refractivity contribution in [3.63, 3.8) is 0 Å². The molecule has 2 aromatic rings. The highest BCUT2D eigenvalue weighted by Gasteiger charge is 2.05. The molecule has 0 bridgehead atoms. The number of rotatable bonds is 3. The van der Waals surface area contributed by atoms with Gasteiger partial charge in [0.05, 0.1) is 12.2 Å². The number of para-hydroxylation sites is 1. The highest BCUT2D eigenvalue weighted by molar-refractivity contribution is 5.50. The largest absolute Gasteiger partial charge is 0.444 e. The molecule has 16 heavy (non-hydrogen) atoms. The molecule has 1 heterocycles. The van der Waals surface area contributed by atoms with E-state index in [0.717, 1.165) is 23.0 Å². The van der Waals surface area contributed by atoms with Crippen LogP contribution in [0, 0.1) is 20.8 Å². The summed E-state index contributed by atoms with van der Waals surface area (Å²) in [5.41, 5.74) is 3.31. The highest BCUT2D eigenvalue weighted by Crippen LogP contribution is 2.15. The number of oxazole rings is 1. The van der Waals surface area contributed by atoms with E-state index in [4.69, 9.17) is 4.42 Å². The Labute approximate surface area is 95.5 Å². The van der Waals surface area contributed by atoms with Crippen LogP contribution < -0.4 is 5.32 Å². The summed E-state index contributed by atoms with van der Waals surface area (Å²) in [7, 11) is 0. The fourth-order valence-electron chi connectivity index (χ4n) is 1.56. The Morgan fingerprint density at radius 2 is 1.94 bits per heavy atom. The molecule has 3 nitrogen and oxygen atoms in total. The van der Waals surface area contributed by atoms with E-state index in [1.807, 2.05) is 26.0 Å². The second kappa shape index (κ2) is 4.39. The summed E-state index contributed by atoms with van der Waals surface area (Å²) in [6, 6.07) is 8.17. The SMILES string of the molecule is Cc1ccccc1NCc1nc(C)c(C)o1.